The molecule has 1 aromatic heterocycles. The quantitative estimate of drug-likeness (QED) is 0.614. The first-order valence-corrected chi connectivity index (χ1v) is 12.2. The number of hydrogen-bond acceptors (Lipinski definition) is 5. The van der Waals surface area contributed by atoms with Crippen LogP contribution in [0.15, 0.2) is 76.3 Å². The molecule has 0 radical (unpaired) electrons. The Hall–Kier alpha value is -2.75. The van der Waals surface area contributed by atoms with Gasteiger partial charge in [0.1, 0.15) is 16.1 Å². The minimum absolute atomic E-state index is 0.169. The number of amides is 1. The third-order valence-corrected chi connectivity index (χ3v) is 8.02. The van der Waals surface area contributed by atoms with Crippen molar-refractivity contribution in [1.82, 2.24) is 9.62 Å². The van der Waals surface area contributed by atoms with E-state index < -0.39 is 16.1 Å². The van der Waals surface area contributed by atoms with E-state index in [2.05, 4.69) is 9.62 Å². The standard InChI is InChI=1S/C22H22FN3O3S2/c23-18-8-10-19(11-9-18)25-12-14-26(15-13-25)22(27)21(17-5-2-1-3-6-17)24-31(28,29)20-7-4-16-30-20/h1-11,16,21,24H,12-15H2. The lowest BCUT2D eigenvalue weighted by molar-refractivity contribution is -0.133. The van der Waals surface area contributed by atoms with Crippen molar-refractivity contribution in [3.05, 3.63) is 83.5 Å². The van der Waals surface area contributed by atoms with E-state index in [-0.39, 0.29) is 15.9 Å². The van der Waals surface area contributed by atoms with Gasteiger partial charge in [0.15, 0.2) is 0 Å². The average Bonchev–Trinajstić information content (AvgIpc) is 3.35. The van der Waals surface area contributed by atoms with Crippen molar-refractivity contribution < 1.29 is 17.6 Å². The highest BCUT2D eigenvalue weighted by molar-refractivity contribution is 7.91. The highest BCUT2D eigenvalue weighted by Gasteiger charge is 2.32. The molecule has 1 aliphatic heterocycles. The Kier molecular flexibility index (Phi) is 6.35. The number of carbonyl (C=O) groups is 1. The lowest BCUT2D eigenvalue weighted by Gasteiger charge is -2.37. The van der Waals surface area contributed by atoms with Crippen molar-refractivity contribution in [3.8, 4) is 0 Å². The first-order valence-electron chi connectivity index (χ1n) is 9.84. The molecule has 1 amide bonds. The highest BCUT2D eigenvalue weighted by atomic mass is 32.2. The second-order valence-electron chi connectivity index (χ2n) is 7.19. The van der Waals surface area contributed by atoms with E-state index in [4.69, 9.17) is 0 Å². The van der Waals surface area contributed by atoms with Gasteiger partial charge in [0.25, 0.3) is 10.0 Å². The van der Waals surface area contributed by atoms with Crippen molar-refractivity contribution in [3.63, 3.8) is 0 Å². The van der Waals surface area contributed by atoms with E-state index >= 15 is 0 Å². The highest BCUT2D eigenvalue weighted by Crippen LogP contribution is 2.24. The molecule has 0 aliphatic carbocycles. The number of halogens is 1. The zero-order chi connectivity index (χ0) is 21.8. The summed E-state index contributed by atoms with van der Waals surface area (Å²) in [5, 5.41) is 1.68. The molecule has 1 saturated heterocycles. The molecule has 3 aromatic rings. The molecule has 4 rings (SSSR count). The second kappa shape index (κ2) is 9.17. The Balaban J connectivity index is 1.51. The molecular formula is C22H22FN3O3S2. The summed E-state index contributed by atoms with van der Waals surface area (Å²) < 4.78 is 41.6. The average molecular weight is 460 g/mol. The SMILES string of the molecule is O=C(C(NS(=O)(=O)c1cccs1)c1ccccc1)N1CCN(c2ccc(F)cc2)CC1. The van der Waals surface area contributed by atoms with Crippen LogP contribution in [0.2, 0.25) is 0 Å². The molecule has 0 bridgehead atoms. The topological polar surface area (TPSA) is 69.7 Å². The predicted octanol–water partition coefficient (Wildman–Crippen LogP) is 3.26. The Bertz CT molecular complexity index is 1110. The van der Waals surface area contributed by atoms with Crippen LogP contribution in [0.1, 0.15) is 11.6 Å². The summed E-state index contributed by atoms with van der Waals surface area (Å²) in [7, 11) is -3.83. The number of anilines is 1. The van der Waals surface area contributed by atoms with Crippen molar-refractivity contribution in [2.24, 2.45) is 0 Å². The van der Waals surface area contributed by atoms with E-state index in [0.717, 1.165) is 17.0 Å². The van der Waals surface area contributed by atoms with E-state index in [9.17, 15) is 17.6 Å². The van der Waals surface area contributed by atoms with Crippen molar-refractivity contribution in [1.29, 1.82) is 0 Å². The number of rotatable bonds is 6. The number of nitrogens with zero attached hydrogens (tertiary/aromatic N) is 2. The van der Waals surface area contributed by atoms with Gasteiger partial charge in [-0.1, -0.05) is 36.4 Å². The van der Waals surface area contributed by atoms with Crippen LogP contribution in [-0.2, 0) is 14.8 Å². The van der Waals surface area contributed by atoms with Gasteiger partial charge in [0.2, 0.25) is 5.91 Å². The fourth-order valence-corrected chi connectivity index (χ4v) is 5.74. The Morgan fingerprint density at radius 2 is 1.61 bits per heavy atom. The summed E-state index contributed by atoms with van der Waals surface area (Å²) in [6.07, 6.45) is 0. The summed E-state index contributed by atoms with van der Waals surface area (Å²) in [6, 6.07) is 17.3. The van der Waals surface area contributed by atoms with Gasteiger partial charge in [0, 0.05) is 31.9 Å². The zero-order valence-electron chi connectivity index (χ0n) is 16.6. The maximum atomic E-state index is 13.4. The van der Waals surface area contributed by atoms with Gasteiger partial charge in [-0.25, -0.2) is 12.8 Å². The smallest absolute Gasteiger partial charge is 0.251 e. The van der Waals surface area contributed by atoms with E-state index in [1.165, 1.54) is 18.2 Å². The third-order valence-electron chi connectivity index (χ3n) is 5.20. The van der Waals surface area contributed by atoms with Crippen LogP contribution in [0.5, 0.6) is 0 Å². The number of hydrogen-bond donors (Lipinski definition) is 1. The van der Waals surface area contributed by atoms with Gasteiger partial charge < -0.3 is 9.80 Å². The molecule has 2 heterocycles. The molecule has 6 nitrogen and oxygen atoms in total. The predicted molar refractivity (Wildman–Crippen MR) is 119 cm³/mol. The van der Waals surface area contributed by atoms with Crippen LogP contribution in [0.4, 0.5) is 10.1 Å². The van der Waals surface area contributed by atoms with E-state index in [1.807, 2.05) is 6.07 Å². The van der Waals surface area contributed by atoms with Crippen LogP contribution in [0, 0.1) is 5.82 Å². The zero-order valence-corrected chi connectivity index (χ0v) is 18.3. The lowest BCUT2D eigenvalue weighted by Crippen LogP contribution is -2.52. The largest absolute Gasteiger partial charge is 0.368 e. The van der Waals surface area contributed by atoms with Crippen molar-refractivity contribution in [2.45, 2.75) is 10.3 Å². The molecule has 0 saturated carbocycles. The normalized spacial score (nSPS) is 15.6. The molecule has 1 fully saturated rings. The molecule has 9 heteroatoms. The molecule has 31 heavy (non-hydrogen) atoms. The third kappa shape index (κ3) is 4.95. The van der Waals surface area contributed by atoms with Crippen LogP contribution in [0.25, 0.3) is 0 Å². The van der Waals surface area contributed by atoms with Crippen molar-refractivity contribution in [2.75, 3.05) is 31.1 Å². The van der Waals surface area contributed by atoms with Gasteiger partial charge in [-0.3, -0.25) is 4.79 Å². The first-order chi connectivity index (χ1) is 14.9. The molecule has 1 unspecified atom stereocenters. The van der Waals surface area contributed by atoms with Gasteiger partial charge >= 0.3 is 0 Å². The summed E-state index contributed by atoms with van der Waals surface area (Å²) in [6.45, 7) is 2.05. The molecule has 2 aromatic carbocycles. The number of thiophene rings is 1. The molecule has 1 N–H and O–H groups in total. The maximum Gasteiger partial charge on any atom is 0.251 e. The number of benzene rings is 2. The van der Waals surface area contributed by atoms with Gasteiger partial charge in [-0.2, -0.15) is 4.72 Å². The number of piperazine rings is 1. The number of sulfonamides is 1. The van der Waals surface area contributed by atoms with Crippen LogP contribution in [-0.4, -0.2) is 45.4 Å². The number of nitrogens with one attached hydrogen (secondary N) is 1. The van der Waals surface area contributed by atoms with Crippen LogP contribution >= 0.6 is 11.3 Å². The molecule has 0 spiro atoms. The maximum absolute atomic E-state index is 13.4. The molecule has 1 atom stereocenters. The summed E-state index contributed by atoms with van der Waals surface area (Å²) >= 11 is 1.10. The monoisotopic (exact) mass is 459 g/mol. The summed E-state index contributed by atoms with van der Waals surface area (Å²) in [5.41, 5.74) is 1.49. The molecule has 162 valence electrons. The number of carbonyl (C=O) groups excluding carboxylic acids is 1. The summed E-state index contributed by atoms with van der Waals surface area (Å²) in [5.74, 6) is -0.577. The van der Waals surface area contributed by atoms with E-state index in [0.29, 0.717) is 31.7 Å². The van der Waals surface area contributed by atoms with Crippen LogP contribution in [0.3, 0.4) is 0 Å². The van der Waals surface area contributed by atoms with Gasteiger partial charge in [-0.05, 0) is 41.3 Å². The minimum atomic E-state index is -3.83. The first kappa shape index (κ1) is 21.5. The Labute approximate surface area is 185 Å². The second-order valence-corrected chi connectivity index (χ2v) is 10.1. The van der Waals surface area contributed by atoms with Crippen molar-refractivity contribution >= 4 is 33.0 Å². The molecular weight excluding hydrogens is 437 g/mol. The summed E-state index contributed by atoms with van der Waals surface area (Å²) in [4.78, 5) is 17.1. The molecule has 1 aliphatic rings. The minimum Gasteiger partial charge on any atom is -0.368 e. The Morgan fingerprint density at radius 1 is 0.935 bits per heavy atom. The fourth-order valence-electron chi connectivity index (χ4n) is 3.56. The Morgan fingerprint density at radius 3 is 2.23 bits per heavy atom. The van der Waals surface area contributed by atoms with Gasteiger partial charge in [-0.15, -0.1) is 11.3 Å². The lowest BCUT2D eigenvalue weighted by atomic mass is 10.1. The van der Waals surface area contributed by atoms with Crippen LogP contribution < -0.4 is 9.62 Å². The fraction of sp³-hybridized carbons (Fsp3) is 0.227. The van der Waals surface area contributed by atoms with Gasteiger partial charge in [0.05, 0.1) is 0 Å². The van der Waals surface area contributed by atoms with E-state index in [1.54, 1.807) is 52.7 Å².